The molecule has 14 heavy (non-hydrogen) atoms. The van der Waals surface area contributed by atoms with Gasteiger partial charge in [0.05, 0.1) is 13.2 Å². The predicted molar refractivity (Wildman–Crippen MR) is 55.3 cm³/mol. The third kappa shape index (κ3) is 1.47. The van der Waals surface area contributed by atoms with Crippen LogP contribution in [-0.4, -0.2) is 50.3 Å². The minimum atomic E-state index is 0.860. The Morgan fingerprint density at radius 1 is 1.07 bits per heavy atom. The molecule has 0 radical (unpaired) electrons. The van der Waals surface area contributed by atoms with Gasteiger partial charge >= 0.3 is 0 Å². The summed E-state index contributed by atoms with van der Waals surface area (Å²) in [5.74, 6) is 1.91. The number of fused-ring (bicyclic) bond motifs is 1. The van der Waals surface area contributed by atoms with Crippen LogP contribution >= 0.6 is 0 Å². The molecule has 0 amide bonds. The van der Waals surface area contributed by atoms with Crippen molar-refractivity contribution in [2.45, 2.75) is 18.9 Å². The Hall–Kier alpha value is -0.120. The first kappa shape index (κ1) is 9.13. The normalized spacial score (nSPS) is 44.1. The molecule has 2 aliphatic heterocycles. The van der Waals surface area contributed by atoms with Gasteiger partial charge in [-0.15, -0.1) is 0 Å². The third-order valence-electron chi connectivity index (χ3n) is 4.23. The van der Waals surface area contributed by atoms with E-state index < -0.39 is 0 Å². The van der Waals surface area contributed by atoms with E-state index in [2.05, 4.69) is 10.2 Å². The molecular formula is C11H20N2O. The van der Waals surface area contributed by atoms with E-state index in [1.807, 2.05) is 0 Å². The van der Waals surface area contributed by atoms with E-state index in [1.165, 1.54) is 25.9 Å². The van der Waals surface area contributed by atoms with Crippen molar-refractivity contribution >= 4 is 0 Å². The molecule has 3 atom stereocenters. The van der Waals surface area contributed by atoms with Crippen LogP contribution in [0.5, 0.6) is 0 Å². The highest BCUT2D eigenvalue weighted by molar-refractivity contribution is 4.96. The molecule has 1 N–H and O–H groups in total. The Balaban J connectivity index is 1.66. The number of hydrogen-bond donors (Lipinski definition) is 1. The second kappa shape index (κ2) is 3.80. The van der Waals surface area contributed by atoms with Gasteiger partial charge in [-0.05, 0) is 37.8 Å². The van der Waals surface area contributed by atoms with Crippen molar-refractivity contribution < 1.29 is 4.74 Å². The van der Waals surface area contributed by atoms with Crippen molar-refractivity contribution in [3.8, 4) is 0 Å². The average molecular weight is 196 g/mol. The smallest absolute Gasteiger partial charge is 0.0594 e. The van der Waals surface area contributed by atoms with E-state index in [-0.39, 0.29) is 0 Å². The summed E-state index contributed by atoms with van der Waals surface area (Å²) in [4.78, 5) is 2.67. The minimum absolute atomic E-state index is 0.860. The molecule has 3 rings (SSSR count). The maximum absolute atomic E-state index is 5.41. The summed E-state index contributed by atoms with van der Waals surface area (Å²) in [7, 11) is 0. The molecule has 0 unspecified atom stereocenters. The summed E-state index contributed by atoms with van der Waals surface area (Å²) < 4.78 is 5.41. The van der Waals surface area contributed by atoms with Crippen LogP contribution in [0, 0.1) is 11.8 Å². The largest absolute Gasteiger partial charge is 0.379 e. The fourth-order valence-electron chi connectivity index (χ4n) is 3.48. The van der Waals surface area contributed by atoms with Crippen LogP contribution in [0.4, 0.5) is 0 Å². The highest BCUT2D eigenvalue weighted by Gasteiger charge is 2.41. The van der Waals surface area contributed by atoms with Crippen LogP contribution in [0.15, 0.2) is 0 Å². The number of rotatable bonds is 1. The first-order valence-corrected chi connectivity index (χ1v) is 5.97. The highest BCUT2D eigenvalue weighted by atomic mass is 16.5. The fourth-order valence-corrected chi connectivity index (χ4v) is 3.48. The molecule has 0 spiro atoms. The van der Waals surface area contributed by atoms with E-state index in [4.69, 9.17) is 4.74 Å². The standard InChI is InChI=1S/C11H20N2O/c1-2-11(10-8-12-7-9(1)10)13-3-5-14-6-4-13/h9-12H,1-8H2/t9-,10-,11+/m0/s1. The van der Waals surface area contributed by atoms with Crippen molar-refractivity contribution in [3.05, 3.63) is 0 Å². The summed E-state index contributed by atoms with van der Waals surface area (Å²) in [5, 5.41) is 3.54. The van der Waals surface area contributed by atoms with E-state index in [0.717, 1.165) is 44.2 Å². The second-order valence-corrected chi connectivity index (χ2v) is 4.88. The Morgan fingerprint density at radius 3 is 2.79 bits per heavy atom. The summed E-state index contributed by atoms with van der Waals surface area (Å²) in [6.45, 7) is 6.74. The van der Waals surface area contributed by atoms with Crippen molar-refractivity contribution in [1.29, 1.82) is 0 Å². The number of morpholine rings is 1. The zero-order valence-electron chi connectivity index (χ0n) is 8.74. The molecule has 1 saturated carbocycles. The molecule has 0 aromatic rings. The Bertz CT molecular complexity index is 203. The lowest BCUT2D eigenvalue weighted by molar-refractivity contribution is 0.00834. The first-order valence-electron chi connectivity index (χ1n) is 5.97. The maximum Gasteiger partial charge on any atom is 0.0594 e. The zero-order valence-corrected chi connectivity index (χ0v) is 8.74. The van der Waals surface area contributed by atoms with Crippen LogP contribution < -0.4 is 5.32 Å². The molecular weight excluding hydrogens is 176 g/mol. The number of hydrogen-bond acceptors (Lipinski definition) is 3. The summed E-state index contributed by atoms with van der Waals surface area (Å²) >= 11 is 0. The summed E-state index contributed by atoms with van der Waals surface area (Å²) in [5.41, 5.74) is 0. The van der Waals surface area contributed by atoms with Crippen molar-refractivity contribution in [3.63, 3.8) is 0 Å². The molecule has 80 valence electrons. The lowest BCUT2D eigenvalue weighted by atomic mass is 9.96. The Morgan fingerprint density at radius 2 is 1.93 bits per heavy atom. The van der Waals surface area contributed by atoms with Gasteiger partial charge in [0.25, 0.3) is 0 Å². The molecule has 3 fully saturated rings. The van der Waals surface area contributed by atoms with Gasteiger partial charge in [0.15, 0.2) is 0 Å². The summed E-state index contributed by atoms with van der Waals surface area (Å²) in [6, 6.07) is 0.860. The lowest BCUT2D eigenvalue weighted by Gasteiger charge is -2.35. The van der Waals surface area contributed by atoms with Gasteiger partial charge < -0.3 is 10.1 Å². The molecule has 2 saturated heterocycles. The minimum Gasteiger partial charge on any atom is -0.379 e. The van der Waals surface area contributed by atoms with Crippen LogP contribution in [0.3, 0.4) is 0 Å². The van der Waals surface area contributed by atoms with Gasteiger partial charge in [-0.1, -0.05) is 0 Å². The first-order chi connectivity index (χ1) is 6.95. The Labute approximate surface area is 85.8 Å². The molecule has 1 aliphatic carbocycles. The maximum atomic E-state index is 5.41. The SMILES string of the molecule is C1CN([C@@H]2CC[C@H]3CNC[C@@H]32)CCO1. The van der Waals surface area contributed by atoms with Crippen molar-refractivity contribution in [1.82, 2.24) is 10.2 Å². The second-order valence-electron chi connectivity index (χ2n) is 4.88. The van der Waals surface area contributed by atoms with Gasteiger partial charge in [-0.25, -0.2) is 0 Å². The quantitative estimate of drug-likeness (QED) is 0.653. The van der Waals surface area contributed by atoms with E-state index in [9.17, 15) is 0 Å². The van der Waals surface area contributed by atoms with Crippen LogP contribution in [0.2, 0.25) is 0 Å². The van der Waals surface area contributed by atoms with Gasteiger partial charge in [-0.3, -0.25) is 4.90 Å². The summed E-state index contributed by atoms with van der Waals surface area (Å²) in [6.07, 6.45) is 2.87. The topological polar surface area (TPSA) is 24.5 Å². The van der Waals surface area contributed by atoms with E-state index >= 15 is 0 Å². The molecule has 3 nitrogen and oxygen atoms in total. The van der Waals surface area contributed by atoms with E-state index in [1.54, 1.807) is 0 Å². The zero-order chi connectivity index (χ0) is 9.38. The van der Waals surface area contributed by atoms with Crippen LogP contribution in [-0.2, 0) is 4.74 Å². The van der Waals surface area contributed by atoms with Gasteiger partial charge in [0.2, 0.25) is 0 Å². The van der Waals surface area contributed by atoms with Crippen LogP contribution in [0.1, 0.15) is 12.8 Å². The highest BCUT2D eigenvalue weighted by Crippen LogP contribution is 2.37. The fraction of sp³-hybridized carbons (Fsp3) is 1.00. The number of nitrogens with zero attached hydrogens (tertiary/aromatic N) is 1. The number of nitrogens with one attached hydrogen (secondary N) is 1. The average Bonchev–Trinajstić information content (AvgIpc) is 2.79. The van der Waals surface area contributed by atoms with E-state index in [0.29, 0.717) is 0 Å². The monoisotopic (exact) mass is 196 g/mol. The van der Waals surface area contributed by atoms with Gasteiger partial charge in [0, 0.05) is 19.1 Å². The third-order valence-corrected chi connectivity index (χ3v) is 4.23. The molecule has 0 bridgehead atoms. The van der Waals surface area contributed by atoms with Gasteiger partial charge in [-0.2, -0.15) is 0 Å². The predicted octanol–water partition coefficient (Wildman–Crippen LogP) is 0.317. The van der Waals surface area contributed by atoms with Crippen molar-refractivity contribution in [2.75, 3.05) is 39.4 Å². The molecule has 3 aliphatic rings. The molecule has 0 aromatic heterocycles. The molecule has 0 aromatic carbocycles. The van der Waals surface area contributed by atoms with Gasteiger partial charge in [0.1, 0.15) is 0 Å². The Kier molecular flexibility index (Phi) is 2.48. The lowest BCUT2D eigenvalue weighted by Crippen LogP contribution is -2.46. The molecule has 2 heterocycles. The van der Waals surface area contributed by atoms with Crippen LogP contribution in [0.25, 0.3) is 0 Å². The molecule has 3 heteroatoms. The van der Waals surface area contributed by atoms with Crippen molar-refractivity contribution in [2.24, 2.45) is 11.8 Å². The number of ether oxygens (including phenoxy) is 1.